The Kier molecular flexibility index (Phi) is 5.17. The quantitative estimate of drug-likeness (QED) is 0.567. The fourth-order valence-corrected chi connectivity index (χ4v) is 2.67. The van der Waals surface area contributed by atoms with E-state index in [4.69, 9.17) is 21.7 Å². The van der Waals surface area contributed by atoms with Gasteiger partial charge in [0.15, 0.2) is 9.84 Å². The maximum absolute atomic E-state index is 11.1. The zero-order valence-electron chi connectivity index (χ0n) is 9.01. The molecule has 0 aromatic heterocycles. The van der Waals surface area contributed by atoms with Crippen LogP contribution in [0.3, 0.4) is 0 Å². The maximum atomic E-state index is 11.1. The Bertz CT molecular complexity index is 364. The molecule has 1 aliphatic heterocycles. The van der Waals surface area contributed by atoms with Crippen molar-refractivity contribution in [2.45, 2.75) is 13.0 Å². The minimum absolute atomic E-state index is 0.0297. The first-order valence-electron chi connectivity index (χ1n) is 4.95. The minimum atomic E-state index is -3.05. The van der Waals surface area contributed by atoms with Gasteiger partial charge in [-0.1, -0.05) is 0 Å². The van der Waals surface area contributed by atoms with Gasteiger partial charge in [-0.2, -0.15) is 0 Å². The second-order valence-corrected chi connectivity index (χ2v) is 5.54. The van der Waals surface area contributed by atoms with Crippen LogP contribution in [0.25, 0.3) is 0 Å². The first-order valence-corrected chi connectivity index (χ1v) is 7.08. The summed E-state index contributed by atoms with van der Waals surface area (Å²) in [5.74, 6) is 0.0297. The number of sulfone groups is 1. The lowest BCUT2D eigenvalue weighted by atomic mass is 10.3. The topological polar surface area (TPSA) is 64.6 Å². The lowest BCUT2D eigenvalue weighted by Crippen LogP contribution is -2.36. The van der Waals surface area contributed by atoms with E-state index >= 15 is 0 Å². The molecule has 1 unspecified atom stereocenters. The highest BCUT2D eigenvalue weighted by Crippen LogP contribution is 2.07. The molecule has 1 rings (SSSR count). The molecule has 0 radical (unpaired) electrons. The molecule has 92 valence electrons. The molecule has 1 heterocycles. The number of hydrogen-bond donors (Lipinski definition) is 1. The second-order valence-electron chi connectivity index (χ2n) is 3.24. The van der Waals surface area contributed by atoms with Gasteiger partial charge in [0.05, 0.1) is 18.4 Å². The lowest BCUT2D eigenvalue weighted by molar-refractivity contribution is 0.105. The number of rotatable bonds is 5. The van der Waals surface area contributed by atoms with Crippen molar-refractivity contribution in [1.82, 2.24) is 5.32 Å². The van der Waals surface area contributed by atoms with Crippen molar-refractivity contribution < 1.29 is 17.9 Å². The van der Waals surface area contributed by atoms with Gasteiger partial charge in [-0.15, -0.1) is 0 Å². The van der Waals surface area contributed by atoms with Crippen LogP contribution in [0.2, 0.25) is 0 Å². The normalized spacial score (nSPS) is 21.9. The van der Waals surface area contributed by atoms with Gasteiger partial charge in [-0.05, 0) is 25.2 Å². The molecule has 1 N–H and O–H groups in total. The van der Waals surface area contributed by atoms with Gasteiger partial charge in [0.2, 0.25) is 0 Å². The zero-order valence-corrected chi connectivity index (χ0v) is 10.6. The first-order chi connectivity index (χ1) is 7.53. The third-order valence-electron chi connectivity index (χ3n) is 1.90. The summed E-state index contributed by atoms with van der Waals surface area (Å²) < 4.78 is 32.4. The van der Waals surface area contributed by atoms with E-state index in [2.05, 4.69) is 5.32 Å². The Morgan fingerprint density at radius 3 is 2.88 bits per heavy atom. The van der Waals surface area contributed by atoms with Crippen molar-refractivity contribution in [2.75, 3.05) is 25.6 Å². The Labute approximate surface area is 101 Å². The molecular formula is C9H15NO4S2. The molecule has 0 aromatic rings. The predicted octanol–water partition coefficient (Wildman–Crippen LogP) is 0.225. The van der Waals surface area contributed by atoms with Crippen molar-refractivity contribution in [2.24, 2.45) is 0 Å². The third kappa shape index (κ3) is 4.91. The van der Waals surface area contributed by atoms with Gasteiger partial charge in [0, 0.05) is 12.0 Å². The molecule has 0 saturated heterocycles. The van der Waals surface area contributed by atoms with Crippen LogP contribution < -0.4 is 5.32 Å². The monoisotopic (exact) mass is 265 g/mol. The molecule has 1 aliphatic rings. The molecule has 0 amide bonds. The number of nitrogens with one attached hydrogen (secondary N) is 1. The lowest BCUT2D eigenvalue weighted by Gasteiger charge is -2.13. The average Bonchev–Trinajstić information content (AvgIpc) is 2.53. The molecule has 0 aromatic carbocycles. The molecule has 5 nitrogen and oxygen atoms in total. The maximum Gasteiger partial charge on any atom is 0.257 e. The van der Waals surface area contributed by atoms with Crippen LogP contribution in [0.15, 0.2) is 11.5 Å². The molecule has 0 spiro atoms. The molecule has 0 bridgehead atoms. The first kappa shape index (κ1) is 13.4. The summed E-state index contributed by atoms with van der Waals surface area (Å²) in [4.78, 5) is 0. The van der Waals surface area contributed by atoms with Crippen LogP contribution in [0.5, 0.6) is 0 Å². The van der Waals surface area contributed by atoms with E-state index in [9.17, 15) is 8.42 Å². The van der Waals surface area contributed by atoms with Crippen LogP contribution >= 0.6 is 12.2 Å². The Hall–Kier alpha value is -0.660. The van der Waals surface area contributed by atoms with Crippen LogP contribution in [-0.4, -0.2) is 45.2 Å². The van der Waals surface area contributed by atoms with E-state index in [1.165, 1.54) is 5.41 Å². The number of thiocarbonyl (C=S) groups is 1. The minimum Gasteiger partial charge on any atom is -0.469 e. The van der Waals surface area contributed by atoms with Crippen LogP contribution in [0.4, 0.5) is 0 Å². The highest BCUT2D eigenvalue weighted by Gasteiger charge is 2.22. The Balaban J connectivity index is 2.18. The van der Waals surface area contributed by atoms with Gasteiger partial charge in [0.1, 0.15) is 6.61 Å². The van der Waals surface area contributed by atoms with Crippen molar-refractivity contribution in [3.63, 3.8) is 0 Å². The van der Waals surface area contributed by atoms with E-state index in [0.29, 0.717) is 19.8 Å². The van der Waals surface area contributed by atoms with Gasteiger partial charge in [-0.3, -0.25) is 0 Å². The van der Waals surface area contributed by atoms with E-state index in [1.54, 1.807) is 6.08 Å². The van der Waals surface area contributed by atoms with Crippen molar-refractivity contribution in [3.8, 4) is 0 Å². The van der Waals surface area contributed by atoms with E-state index in [0.717, 1.165) is 0 Å². The third-order valence-corrected chi connectivity index (χ3v) is 3.53. The molecule has 0 aliphatic carbocycles. The van der Waals surface area contributed by atoms with E-state index in [-0.39, 0.29) is 17.0 Å². The van der Waals surface area contributed by atoms with E-state index in [1.807, 2.05) is 6.92 Å². The van der Waals surface area contributed by atoms with Gasteiger partial charge < -0.3 is 14.8 Å². The van der Waals surface area contributed by atoms with Crippen LogP contribution in [0.1, 0.15) is 6.92 Å². The molecule has 0 saturated carbocycles. The molecular weight excluding hydrogens is 250 g/mol. The fraction of sp³-hybridized carbons (Fsp3) is 0.667. The smallest absolute Gasteiger partial charge is 0.257 e. The summed E-state index contributed by atoms with van der Waals surface area (Å²) in [6.45, 7) is 3.36. The number of hydrogen-bond acceptors (Lipinski definition) is 5. The van der Waals surface area contributed by atoms with Crippen LogP contribution in [0, 0.1) is 0 Å². The van der Waals surface area contributed by atoms with E-state index < -0.39 is 9.84 Å². The predicted molar refractivity (Wildman–Crippen MR) is 64.9 cm³/mol. The average molecular weight is 265 g/mol. The standard InChI is InChI=1S/C9H15NO4S2/c1-2-13-4-5-14-9(15)10-8-3-6-16(11,12)7-8/h3,6,8H,2,4-5,7H2,1H3,(H,10,15). The second kappa shape index (κ2) is 6.17. The van der Waals surface area contributed by atoms with Gasteiger partial charge in [-0.25, -0.2) is 8.42 Å². The Morgan fingerprint density at radius 2 is 2.31 bits per heavy atom. The Morgan fingerprint density at radius 1 is 1.56 bits per heavy atom. The summed E-state index contributed by atoms with van der Waals surface area (Å²) in [5, 5.41) is 4.19. The van der Waals surface area contributed by atoms with Gasteiger partial charge >= 0.3 is 0 Å². The summed E-state index contributed by atoms with van der Waals surface area (Å²) in [6, 6.07) is -0.287. The molecule has 7 heteroatoms. The largest absolute Gasteiger partial charge is 0.469 e. The van der Waals surface area contributed by atoms with Crippen molar-refractivity contribution in [3.05, 3.63) is 11.5 Å². The summed E-state index contributed by atoms with van der Waals surface area (Å²) in [6.07, 6.45) is 1.56. The molecule has 1 atom stereocenters. The highest BCUT2D eigenvalue weighted by atomic mass is 32.2. The molecule has 16 heavy (non-hydrogen) atoms. The van der Waals surface area contributed by atoms with Crippen LogP contribution in [-0.2, 0) is 19.3 Å². The van der Waals surface area contributed by atoms with Gasteiger partial charge in [0.25, 0.3) is 5.17 Å². The number of ether oxygens (including phenoxy) is 2. The highest BCUT2D eigenvalue weighted by molar-refractivity contribution is 7.94. The fourth-order valence-electron chi connectivity index (χ4n) is 1.20. The molecule has 0 fully saturated rings. The van der Waals surface area contributed by atoms with Crippen molar-refractivity contribution in [1.29, 1.82) is 0 Å². The summed E-state index contributed by atoms with van der Waals surface area (Å²) in [7, 11) is -3.05. The zero-order chi connectivity index (χ0) is 12.0. The summed E-state index contributed by atoms with van der Waals surface area (Å²) in [5.41, 5.74) is 0. The van der Waals surface area contributed by atoms with Crippen molar-refractivity contribution >= 4 is 27.2 Å². The summed E-state index contributed by atoms with van der Waals surface area (Å²) >= 11 is 4.90. The SMILES string of the molecule is CCOCCOC(=S)NC1C=CS(=O)(=O)C1.